The third kappa shape index (κ3) is 2.19. The number of nitrogen functional groups attached to an aromatic ring is 1. The predicted molar refractivity (Wildman–Crippen MR) is 71.5 cm³/mol. The number of hydrogen-bond acceptors (Lipinski definition) is 5. The number of aryl methyl sites for hydroxylation is 1. The highest BCUT2D eigenvalue weighted by Crippen LogP contribution is 2.30. The third-order valence-corrected chi connectivity index (χ3v) is 3.50. The molecule has 0 amide bonds. The molecule has 1 unspecified atom stereocenters. The van der Waals surface area contributed by atoms with Crippen LogP contribution in [0.3, 0.4) is 0 Å². The van der Waals surface area contributed by atoms with Gasteiger partial charge in [-0.15, -0.1) is 5.10 Å². The van der Waals surface area contributed by atoms with Crippen molar-refractivity contribution < 1.29 is 4.74 Å². The summed E-state index contributed by atoms with van der Waals surface area (Å²) < 4.78 is 7.35. The second kappa shape index (κ2) is 4.97. The molecule has 1 saturated heterocycles. The van der Waals surface area contributed by atoms with Crippen LogP contribution in [0, 0.1) is 6.92 Å². The van der Waals surface area contributed by atoms with Crippen molar-refractivity contribution in [2.45, 2.75) is 25.8 Å². The first-order chi connectivity index (χ1) is 9.27. The van der Waals surface area contributed by atoms with Crippen LogP contribution in [-0.4, -0.2) is 33.4 Å². The minimum Gasteiger partial charge on any atom is -0.398 e. The van der Waals surface area contributed by atoms with Crippen LogP contribution in [-0.2, 0) is 4.74 Å². The van der Waals surface area contributed by atoms with Crippen LogP contribution in [0.15, 0.2) is 18.2 Å². The number of tetrazole rings is 1. The molecule has 1 aliphatic heterocycles. The fourth-order valence-electron chi connectivity index (χ4n) is 2.52. The fourth-order valence-corrected chi connectivity index (χ4v) is 2.52. The van der Waals surface area contributed by atoms with Gasteiger partial charge >= 0.3 is 0 Å². The molecule has 1 atom stereocenters. The Morgan fingerprint density at radius 1 is 1.42 bits per heavy atom. The average molecular weight is 259 g/mol. The van der Waals surface area contributed by atoms with Gasteiger partial charge in [0, 0.05) is 17.9 Å². The van der Waals surface area contributed by atoms with Crippen molar-refractivity contribution in [3.63, 3.8) is 0 Å². The minimum absolute atomic E-state index is 0.192. The van der Waals surface area contributed by atoms with Gasteiger partial charge in [-0.05, 0) is 41.8 Å². The summed E-state index contributed by atoms with van der Waals surface area (Å²) in [7, 11) is 0. The van der Waals surface area contributed by atoms with E-state index >= 15 is 0 Å². The number of benzene rings is 1. The monoisotopic (exact) mass is 259 g/mol. The van der Waals surface area contributed by atoms with Crippen LogP contribution in [0.2, 0.25) is 0 Å². The zero-order valence-electron chi connectivity index (χ0n) is 10.9. The Morgan fingerprint density at radius 2 is 2.32 bits per heavy atom. The molecule has 0 spiro atoms. The average Bonchev–Trinajstić information content (AvgIpc) is 2.89. The highest BCUT2D eigenvalue weighted by molar-refractivity contribution is 5.74. The fraction of sp³-hybridized carbons (Fsp3) is 0.462. The second-order valence-electron chi connectivity index (χ2n) is 4.86. The van der Waals surface area contributed by atoms with Gasteiger partial charge < -0.3 is 10.5 Å². The summed E-state index contributed by atoms with van der Waals surface area (Å²) in [4.78, 5) is 0. The SMILES string of the molecule is Cc1cccc(N)c1-c1nnnn1C1CCCOC1. The van der Waals surface area contributed by atoms with Crippen molar-refractivity contribution in [3.8, 4) is 11.4 Å². The van der Waals surface area contributed by atoms with E-state index in [1.165, 1.54) is 0 Å². The topological polar surface area (TPSA) is 78.9 Å². The molecule has 1 aromatic heterocycles. The number of aromatic nitrogens is 4. The zero-order chi connectivity index (χ0) is 13.2. The lowest BCUT2D eigenvalue weighted by Crippen LogP contribution is -2.23. The number of hydrogen-bond donors (Lipinski definition) is 1. The molecule has 100 valence electrons. The van der Waals surface area contributed by atoms with Gasteiger partial charge in [0.25, 0.3) is 0 Å². The van der Waals surface area contributed by atoms with Gasteiger partial charge in [-0.1, -0.05) is 12.1 Å². The highest BCUT2D eigenvalue weighted by Gasteiger charge is 2.23. The molecular weight excluding hydrogens is 242 g/mol. The molecule has 0 saturated carbocycles. The lowest BCUT2D eigenvalue weighted by atomic mass is 10.0. The number of rotatable bonds is 2. The van der Waals surface area contributed by atoms with Gasteiger partial charge in [0.15, 0.2) is 5.82 Å². The van der Waals surface area contributed by atoms with Gasteiger partial charge in [0.05, 0.1) is 12.6 Å². The smallest absolute Gasteiger partial charge is 0.184 e. The van der Waals surface area contributed by atoms with E-state index in [-0.39, 0.29) is 6.04 Å². The molecule has 6 heteroatoms. The van der Waals surface area contributed by atoms with Crippen LogP contribution in [0.5, 0.6) is 0 Å². The summed E-state index contributed by atoms with van der Waals surface area (Å²) >= 11 is 0. The summed E-state index contributed by atoms with van der Waals surface area (Å²) in [6.07, 6.45) is 2.07. The summed E-state index contributed by atoms with van der Waals surface area (Å²) in [6, 6.07) is 6.02. The first-order valence-electron chi connectivity index (χ1n) is 6.48. The van der Waals surface area contributed by atoms with Crippen molar-refractivity contribution in [1.82, 2.24) is 20.2 Å². The molecule has 1 fully saturated rings. The molecule has 2 heterocycles. The Balaban J connectivity index is 2.04. The molecule has 1 aromatic carbocycles. The molecule has 0 radical (unpaired) electrons. The number of ether oxygens (including phenoxy) is 1. The summed E-state index contributed by atoms with van der Waals surface area (Å²) in [5.41, 5.74) is 8.76. The van der Waals surface area contributed by atoms with Crippen LogP contribution in [0.25, 0.3) is 11.4 Å². The maximum atomic E-state index is 6.07. The maximum Gasteiger partial charge on any atom is 0.184 e. The minimum atomic E-state index is 0.192. The van der Waals surface area contributed by atoms with E-state index in [1.54, 1.807) is 0 Å². The first kappa shape index (κ1) is 12.1. The van der Waals surface area contributed by atoms with Crippen molar-refractivity contribution in [1.29, 1.82) is 0 Å². The van der Waals surface area contributed by atoms with Gasteiger partial charge in [0.1, 0.15) is 0 Å². The Morgan fingerprint density at radius 3 is 3.05 bits per heavy atom. The van der Waals surface area contributed by atoms with E-state index in [9.17, 15) is 0 Å². The van der Waals surface area contributed by atoms with Gasteiger partial charge in [-0.25, -0.2) is 4.68 Å². The molecule has 0 bridgehead atoms. The largest absolute Gasteiger partial charge is 0.398 e. The zero-order valence-corrected chi connectivity index (χ0v) is 10.9. The van der Waals surface area contributed by atoms with E-state index < -0.39 is 0 Å². The molecule has 2 aromatic rings. The molecule has 6 nitrogen and oxygen atoms in total. The first-order valence-corrected chi connectivity index (χ1v) is 6.48. The summed E-state index contributed by atoms with van der Waals surface area (Å²) in [6.45, 7) is 3.49. The number of anilines is 1. The second-order valence-corrected chi connectivity index (χ2v) is 4.86. The van der Waals surface area contributed by atoms with E-state index in [0.29, 0.717) is 12.3 Å². The van der Waals surface area contributed by atoms with Crippen LogP contribution >= 0.6 is 0 Å². The number of nitrogens with two attached hydrogens (primary N) is 1. The molecule has 2 N–H and O–H groups in total. The highest BCUT2D eigenvalue weighted by atomic mass is 16.5. The van der Waals surface area contributed by atoms with E-state index in [2.05, 4.69) is 15.5 Å². The molecular formula is C13H17N5O. The van der Waals surface area contributed by atoms with Gasteiger partial charge in [0.2, 0.25) is 0 Å². The lowest BCUT2D eigenvalue weighted by molar-refractivity contribution is 0.0548. The Labute approximate surface area is 111 Å². The van der Waals surface area contributed by atoms with Crippen molar-refractivity contribution in [2.75, 3.05) is 18.9 Å². The number of nitrogens with zero attached hydrogens (tertiary/aromatic N) is 4. The Kier molecular flexibility index (Phi) is 3.16. The predicted octanol–water partition coefficient (Wildman–Crippen LogP) is 1.58. The van der Waals surface area contributed by atoms with Crippen molar-refractivity contribution in [3.05, 3.63) is 23.8 Å². The Hall–Kier alpha value is -1.95. The Bertz CT molecular complexity index is 554. The summed E-state index contributed by atoms with van der Waals surface area (Å²) in [5, 5.41) is 12.1. The molecule has 3 rings (SSSR count). The standard InChI is InChI=1S/C13H17N5O/c1-9-4-2-6-11(14)12(9)13-15-16-17-18(13)10-5-3-7-19-8-10/h2,4,6,10H,3,5,7-8,14H2,1H3. The van der Waals surface area contributed by atoms with Crippen LogP contribution in [0.4, 0.5) is 5.69 Å². The maximum absolute atomic E-state index is 6.07. The van der Waals surface area contributed by atoms with Crippen molar-refractivity contribution in [2.24, 2.45) is 0 Å². The van der Waals surface area contributed by atoms with E-state index in [0.717, 1.165) is 36.4 Å². The summed E-state index contributed by atoms with van der Waals surface area (Å²) in [5.74, 6) is 0.728. The van der Waals surface area contributed by atoms with Crippen LogP contribution < -0.4 is 5.73 Å². The van der Waals surface area contributed by atoms with E-state index in [1.807, 2.05) is 29.8 Å². The molecule has 0 aliphatic carbocycles. The van der Waals surface area contributed by atoms with Gasteiger partial charge in [-0.2, -0.15) is 0 Å². The molecule has 19 heavy (non-hydrogen) atoms. The van der Waals surface area contributed by atoms with Crippen molar-refractivity contribution >= 4 is 5.69 Å². The van der Waals surface area contributed by atoms with Crippen LogP contribution in [0.1, 0.15) is 24.4 Å². The third-order valence-electron chi connectivity index (χ3n) is 3.50. The lowest BCUT2D eigenvalue weighted by Gasteiger charge is -2.23. The quantitative estimate of drug-likeness (QED) is 0.828. The van der Waals surface area contributed by atoms with E-state index in [4.69, 9.17) is 10.5 Å². The van der Waals surface area contributed by atoms with Gasteiger partial charge in [-0.3, -0.25) is 0 Å². The normalized spacial score (nSPS) is 19.5. The molecule has 1 aliphatic rings.